The Bertz CT molecular complexity index is 1040. The summed E-state index contributed by atoms with van der Waals surface area (Å²) in [7, 11) is 0. The van der Waals surface area contributed by atoms with Crippen molar-refractivity contribution < 1.29 is 14.4 Å². The number of Topliss-reactive ketones (excluding diaryl/α,β-unsaturated/α-hetero) is 1. The monoisotopic (exact) mass is 403 g/mol. The van der Waals surface area contributed by atoms with Gasteiger partial charge in [0.25, 0.3) is 11.8 Å². The van der Waals surface area contributed by atoms with Crippen LogP contribution in [-0.4, -0.2) is 44.2 Å². The van der Waals surface area contributed by atoms with Gasteiger partial charge in [-0.1, -0.05) is 36.4 Å². The number of nitrogens with zero attached hydrogens (tertiary/aromatic N) is 3. The smallest absolute Gasteiger partial charge is 0.289 e. The number of rotatable bonds is 8. The topological polar surface area (TPSA) is 106 Å². The first-order chi connectivity index (χ1) is 14.6. The Morgan fingerprint density at radius 1 is 1.07 bits per heavy atom. The number of carbonyl (C=O) groups is 3. The maximum absolute atomic E-state index is 13.0. The van der Waals surface area contributed by atoms with Gasteiger partial charge in [0, 0.05) is 18.7 Å². The van der Waals surface area contributed by atoms with Crippen LogP contribution in [0, 0.1) is 0 Å². The van der Waals surface area contributed by atoms with Gasteiger partial charge in [-0.25, -0.2) is 9.97 Å². The zero-order chi connectivity index (χ0) is 20.9. The average Bonchev–Trinajstić information content (AvgIpc) is 3.45. The second-order valence-electron chi connectivity index (χ2n) is 7.16. The molecule has 8 heteroatoms. The molecule has 0 aliphatic heterocycles. The van der Waals surface area contributed by atoms with E-state index >= 15 is 0 Å². The number of aromatic nitrogens is 3. The van der Waals surface area contributed by atoms with Crippen LogP contribution in [0.4, 0.5) is 0 Å². The molecule has 8 nitrogen and oxygen atoms in total. The zero-order valence-electron chi connectivity index (χ0n) is 16.2. The molecular weight excluding hydrogens is 382 g/mol. The number of benzene rings is 1. The fourth-order valence-corrected chi connectivity index (χ4v) is 3.08. The highest BCUT2D eigenvalue weighted by Gasteiger charge is 2.32. The molecule has 0 spiro atoms. The quantitative estimate of drug-likeness (QED) is 0.554. The Kier molecular flexibility index (Phi) is 5.65. The van der Waals surface area contributed by atoms with E-state index in [0.29, 0.717) is 5.82 Å². The Hall–Kier alpha value is -3.81. The summed E-state index contributed by atoms with van der Waals surface area (Å²) >= 11 is 0. The molecule has 1 aliphatic rings. The molecule has 1 saturated carbocycles. The van der Waals surface area contributed by atoms with E-state index in [2.05, 4.69) is 20.6 Å². The van der Waals surface area contributed by atoms with E-state index in [1.54, 1.807) is 24.4 Å². The van der Waals surface area contributed by atoms with Crippen molar-refractivity contribution in [2.45, 2.75) is 31.3 Å². The predicted molar refractivity (Wildman–Crippen MR) is 109 cm³/mol. The van der Waals surface area contributed by atoms with Crippen LogP contribution >= 0.6 is 0 Å². The minimum absolute atomic E-state index is 0.0557. The van der Waals surface area contributed by atoms with Gasteiger partial charge >= 0.3 is 0 Å². The molecule has 2 heterocycles. The maximum atomic E-state index is 13.0. The summed E-state index contributed by atoms with van der Waals surface area (Å²) < 4.78 is 1.53. The lowest BCUT2D eigenvalue weighted by Gasteiger charge is -2.18. The highest BCUT2D eigenvalue weighted by atomic mass is 16.2. The van der Waals surface area contributed by atoms with Crippen LogP contribution in [0.3, 0.4) is 0 Å². The third kappa shape index (κ3) is 4.60. The second-order valence-corrected chi connectivity index (χ2v) is 7.16. The molecule has 0 bridgehead atoms. The van der Waals surface area contributed by atoms with Crippen molar-refractivity contribution in [3.05, 3.63) is 78.5 Å². The van der Waals surface area contributed by atoms with E-state index in [4.69, 9.17) is 0 Å². The molecule has 2 aromatic heterocycles. The van der Waals surface area contributed by atoms with Gasteiger partial charge in [-0.05, 0) is 30.5 Å². The third-order valence-corrected chi connectivity index (χ3v) is 4.81. The fraction of sp³-hybridized carbons (Fsp3) is 0.227. The van der Waals surface area contributed by atoms with Crippen LogP contribution < -0.4 is 10.6 Å². The first-order valence-electron chi connectivity index (χ1n) is 9.75. The normalized spacial score (nSPS) is 14.0. The maximum Gasteiger partial charge on any atom is 0.289 e. The number of hydrogen-bond donors (Lipinski definition) is 2. The van der Waals surface area contributed by atoms with E-state index in [0.717, 1.165) is 18.4 Å². The number of imidazole rings is 1. The summed E-state index contributed by atoms with van der Waals surface area (Å²) in [4.78, 5) is 46.4. The van der Waals surface area contributed by atoms with E-state index in [9.17, 15) is 14.4 Å². The molecule has 0 saturated heterocycles. The lowest BCUT2D eigenvalue weighted by atomic mass is 10.0. The van der Waals surface area contributed by atoms with E-state index in [-0.39, 0.29) is 18.2 Å². The van der Waals surface area contributed by atoms with Gasteiger partial charge in [0.15, 0.2) is 0 Å². The van der Waals surface area contributed by atoms with Gasteiger partial charge in [-0.3, -0.25) is 19.0 Å². The molecular formula is C22H21N5O3. The Morgan fingerprint density at radius 3 is 2.53 bits per heavy atom. The van der Waals surface area contributed by atoms with Crippen LogP contribution in [0.15, 0.2) is 67.3 Å². The molecule has 30 heavy (non-hydrogen) atoms. The molecule has 3 aromatic rings. The van der Waals surface area contributed by atoms with Crippen LogP contribution in [0.2, 0.25) is 0 Å². The molecule has 0 radical (unpaired) electrons. The van der Waals surface area contributed by atoms with Gasteiger partial charge in [-0.2, -0.15) is 0 Å². The first kappa shape index (κ1) is 19.5. The van der Waals surface area contributed by atoms with Gasteiger partial charge < -0.3 is 10.6 Å². The van der Waals surface area contributed by atoms with Gasteiger partial charge in [0.1, 0.15) is 23.9 Å². The van der Waals surface area contributed by atoms with Crippen molar-refractivity contribution in [1.29, 1.82) is 0 Å². The summed E-state index contributed by atoms with van der Waals surface area (Å²) in [5.74, 6) is -1.32. The molecule has 2 N–H and O–H groups in total. The lowest BCUT2D eigenvalue weighted by molar-refractivity contribution is -0.139. The Morgan fingerprint density at radius 2 is 1.83 bits per heavy atom. The van der Waals surface area contributed by atoms with Crippen LogP contribution in [0.5, 0.6) is 0 Å². The van der Waals surface area contributed by atoms with E-state index < -0.39 is 23.6 Å². The van der Waals surface area contributed by atoms with Crippen molar-refractivity contribution in [3.8, 4) is 5.82 Å². The summed E-state index contributed by atoms with van der Waals surface area (Å²) in [6.45, 7) is 0. The average molecular weight is 403 g/mol. The summed E-state index contributed by atoms with van der Waals surface area (Å²) in [5, 5.41) is 5.41. The summed E-state index contributed by atoms with van der Waals surface area (Å²) in [6, 6.07) is 13.6. The van der Waals surface area contributed by atoms with Crippen molar-refractivity contribution in [1.82, 2.24) is 25.2 Å². The van der Waals surface area contributed by atoms with Crippen molar-refractivity contribution in [3.63, 3.8) is 0 Å². The minimum atomic E-state index is -0.995. The molecule has 2 amide bonds. The van der Waals surface area contributed by atoms with Crippen LogP contribution in [-0.2, 0) is 16.0 Å². The number of hydrogen-bond acceptors (Lipinski definition) is 5. The third-order valence-electron chi connectivity index (χ3n) is 4.81. The molecule has 1 aliphatic carbocycles. The zero-order valence-corrected chi connectivity index (χ0v) is 16.2. The van der Waals surface area contributed by atoms with Crippen LogP contribution in [0.25, 0.3) is 5.82 Å². The standard InChI is InChI=1S/C22H21N5O3/c28-20(22(30)25-16-9-10-16)17(12-15-6-2-1-3-7-15)26-21(29)18-13-23-14-27(18)19-8-4-5-11-24-19/h1-8,11,13-14,16-17H,9-10,12H2,(H,25,30)(H,26,29)/t17-/m0/s1. The van der Waals surface area contributed by atoms with Crippen molar-refractivity contribution >= 4 is 17.6 Å². The Balaban J connectivity index is 1.55. The Labute approximate surface area is 173 Å². The first-order valence-corrected chi connectivity index (χ1v) is 9.75. The van der Waals surface area contributed by atoms with Gasteiger partial charge in [-0.15, -0.1) is 0 Å². The second kappa shape index (κ2) is 8.69. The lowest BCUT2D eigenvalue weighted by Crippen LogP contribution is -2.49. The number of carbonyl (C=O) groups excluding carboxylic acids is 3. The summed E-state index contributed by atoms with van der Waals surface area (Å²) in [5.41, 5.74) is 1.07. The largest absolute Gasteiger partial charge is 0.347 e. The number of pyridine rings is 1. The van der Waals surface area contributed by atoms with Gasteiger partial charge in [0.2, 0.25) is 5.78 Å². The molecule has 4 rings (SSSR count). The number of nitrogens with one attached hydrogen (secondary N) is 2. The molecule has 1 atom stereocenters. The van der Waals surface area contributed by atoms with E-state index in [1.807, 2.05) is 30.3 Å². The highest BCUT2D eigenvalue weighted by Crippen LogP contribution is 2.18. The number of amides is 2. The predicted octanol–water partition coefficient (Wildman–Crippen LogP) is 1.46. The molecule has 152 valence electrons. The van der Waals surface area contributed by atoms with Crippen molar-refractivity contribution in [2.75, 3.05) is 0 Å². The van der Waals surface area contributed by atoms with Gasteiger partial charge in [0.05, 0.1) is 6.20 Å². The molecule has 1 fully saturated rings. The molecule has 0 unspecified atom stereocenters. The van der Waals surface area contributed by atoms with Crippen LogP contribution in [0.1, 0.15) is 28.9 Å². The number of ketones is 1. The van der Waals surface area contributed by atoms with E-state index in [1.165, 1.54) is 17.1 Å². The van der Waals surface area contributed by atoms with Crippen molar-refractivity contribution in [2.24, 2.45) is 0 Å². The summed E-state index contributed by atoms with van der Waals surface area (Å²) in [6.07, 6.45) is 6.45. The molecule has 1 aromatic carbocycles. The fourth-order valence-electron chi connectivity index (χ4n) is 3.08. The minimum Gasteiger partial charge on any atom is -0.347 e. The highest BCUT2D eigenvalue weighted by molar-refractivity contribution is 6.38. The SMILES string of the molecule is O=C(NC1CC1)C(=O)[C@H](Cc1ccccc1)NC(=O)c1cncn1-c1ccccn1.